The molecule has 1 N–H and O–H groups in total. The summed E-state index contributed by atoms with van der Waals surface area (Å²) in [5.74, 6) is 1.87. The van der Waals surface area contributed by atoms with Crippen molar-refractivity contribution in [1.29, 1.82) is 0 Å². The third-order valence-electron chi connectivity index (χ3n) is 5.72. The number of nitrogens with zero attached hydrogens (tertiary/aromatic N) is 5. The lowest BCUT2D eigenvalue weighted by molar-refractivity contribution is 0.509. The molecule has 2 saturated carbocycles. The van der Waals surface area contributed by atoms with Gasteiger partial charge in [0.25, 0.3) is 5.56 Å². The molecule has 0 saturated heterocycles. The van der Waals surface area contributed by atoms with Gasteiger partial charge in [-0.05, 0) is 44.7 Å². The van der Waals surface area contributed by atoms with Gasteiger partial charge in [-0.3, -0.25) is 14.3 Å². The predicted octanol–water partition coefficient (Wildman–Crippen LogP) is 3.60. The second kappa shape index (κ2) is 7.40. The molecule has 3 heterocycles. The van der Waals surface area contributed by atoms with E-state index in [0.29, 0.717) is 33.7 Å². The largest absolute Gasteiger partial charge is 0.419 e. The van der Waals surface area contributed by atoms with Gasteiger partial charge in [0.2, 0.25) is 11.8 Å². The van der Waals surface area contributed by atoms with Crippen LogP contribution in [0.3, 0.4) is 0 Å². The minimum absolute atomic E-state index is 0.0865. The number of aromatic nitrogens is 6. The molecule has 2 aliphatic rings. The van der Waals surface area contributed by atoms with Crippen LogP contribution in [-0.2, 0) is 0 Å². The Hall–Kier alpha value is -3.27. The first-order valence-electron chi connectivity index (χ1n) is 10.7. The maximum absolute atomic E-state index is 12.8. The smallest absolute Gasteiger partial charge is 0.330 e. The second-order valence-electron chi connectivity index (χ2n) is 8.29. The van der Waals surface area contributed by atoms with E-state index >= 15 is 0 Å². The van der Waals surface area contributed by atoms with Crippen LogP contribution in [0.5, 0.6) is 0 Å². The summed E-state index contributed by atoms with van der Waals surface area (Å²) >= 11 is 1.37. The normalized spacial score (nSPS) is 17.0. The summed E-state index contributed by atoms with van der Waals surface area (Å²) in [6.45, 7) is 1.93. The first kappa shape index (κ1) is 19.4. The van der Waals surface area contributed by atoms with Crippen molar-refractivity contribution >= 4 is 22.8 Å². The predicted molar refractivity (Wildman–Crippen MR) is 119 cm³/mol. The number of benzene rings is 1. The molecule has 10 heteroatoms. The number of hydrogen-bond acceptors (Lipinski definition) is 8. The van der Waals surface area contributed by atoms with Crippen LogP contribution in [0.15, 0.2) is 49.4 Å². The molecule has 6 rings (SSSR count). The van der Waals surface area contributed by atoms with Crippen molar-refractivity contribution in [3.05, 3.63) is 62.9 Å². The van der Waals surface area contributed by atoms with Crippen molar-refractivity contribution in [3.63, 3.8) is 0 Å². The second-order valence-corrected chi connectivity index (χ2v) is 9.62. The SMILES string of the molecule is CC(Sc1nc(C2CC2)nc2c1c(=O)[nH]c(=O)n2C1CC1)c1nnc(-c2ccccc2)o1. The van der Waals surface area contributed by atoms with Gasteiger partial charge in [-0.25, -0.2) is 14.8 Å². The van der Waals surface area contributed by atoms with E-state index in [1.165, 1.54) is 11.8 Å². The third-order valence-corrected chi connectivity index (χ3v) is 6.79. The van der Waals surface area contributed by atoms with Crippen molar-refractivity contribution in [2.24, 2.45) is 0 Å². The molecule has 4 aromatic rings. The van der Waals surface area contributed by atoms with Gasteiger partial charge < -0.3 is 4.42 Å². The molecule has 0 aliphatic heterocycles. The van der Waals surface area contributed by atoms with E-state index in [9.17, 15) is 9.59 Å². The van der Waals surface area contributed by atoms with Gasteiger partial charge in [0, 0.05) is 17.5 Å². The molecule has 0 bridgehead atoms. The van der Waals surface area contributed by atoms with E-state index < -0.39 is 11.2 Å². The molecular weight excluding hydrogens is 428 g/mol. The first-order valence-corrected chi connectivity index (χ1v) is 11.6. The maximum atomic E-state index is 12.8. The molecule has 32 heavy (non-hydrogen) atoms. The van der Waals surface area contributed by atoms with Crippen LogP contribution in [0.1, 0.15) is 61.5 Å². The Kier molecular flexibility index (Phi) is 4.49. The summed E-state index contributed by atoms with van der Waals surface area (Å²) in [7, 11) is 0. The number of H-pyrrole nitrogens is 1. The molecule has 0 radical (unpaired) electrons. The van der Waals surface area contributed by atoms with Crippen LogP contribution in [0.2, 0.25) is 0 Å². The first-order chi connectivity index (χ1) is 15.6. The molecule has 9 nitrogen and oxygen atoms in total. The lowest BCUT2D eigenvalue weighted by atomic mass is 10.2. The highest BCUT2D eigenvalue weighted by Gasteiger charge is 2.33. The zero-order valence-electron chi connectivity index (χ0n) is 17.3. The van der Waals surface area contributed by atoms with E-state index in [1.807, 2.05) is 37.3 Å². The van der Waals surface area contributed by atoms with Gasteiger partial charge in [-0.1, -0.05) is 30.0 Å². The van der Waals surface area contributed by atoms with Crippen LogP contribution in [0.4, 0.5) is 0 Å². The fraction of sp³-hybridized carbons (Fsp3) is 0.364. The fourth-order valence-electron chi connectivity index (χ4n) is 3.73. The van der Waals surface area contributed by atoms with Crippen LogP contribution < -0.4 is 11.2 Å². The summed E-state index contributed by atoms with van der Waals surface area (Å²) in [4.78, 5) is 37.2. The highest BCUT2D eigenvalue weighted by Crippen LogP contribution is 2.43. The monoisotopic (exact) mass is 448 g/mol. The Morgan fingerprint density at radius 1 is 1.09 bits per heavy atom. The molecule has 1 unspecified atom stereocenters. The Morgan fingerprint density at radius 2 is 1.88 bits per heavy atom. The molecule has 0 amide bonds. The molecule has 1 aromatic carbocycles. The lowest BCUT2D eigenvalue weighted by Crippen LogP contribution is -2.31. The van der Waals surface area contributed by atoms with Crippen molar-refractivity contribution in [1.82, 2.24) is 29.7 Å². The zero-order chi connectivity index (χ0) is 21.8. The summed E-state index contributed by atoms with van der Waals surface area (Å²) in [5, 5.41) is 9.02. The minimum atomic E-state index is -0.463. The molecule has 0 spiro atoms. The maximum Gasteiger partial charge on any atom is 0.330 e. The van der Waals surface area contributed by atoms with Crippen LogP contribution >= 0.6 is 11.8 Å². The van der Waals surface area contributed by atoms with Gasteiger partial charge >= 0.3 is 5.69 Å². The molecule has 1 atom stereocenters. The average Bonchev–Trinajstić information content (AvgIpc) is 3.72. The van der Waals surface area contributed by atoms with Crippen molar-refractivity contribution < 1.29 is 4.42 Å². The van der Waals surface area contributed by atoms with E-state index in [0.717, 1.165) is 31.2 Å². The van der Waals surface area contributed by atoms with Crippen LogP contribution in [0.25, 0.3) is 22.5 Å². The number of hydrogen-bond donors (Lipinski definition) is 1. The Balaban J connectivity index is 1.42. The Bertz CT molecular complexity index is 1440. The van der Waals surface area contributed by atoms with Gasteiger partial charge in [-0.15, -0.1) is 10.2 Å². The molecule has 2 fully saturated rings. The van der Waals surface area contributed by atoms with Gasteiger partial charge in [0.15, 0.2) is 5.65 Å². The van der Waals surface area contributed by atoms with E-state index in [-0.39, 0.29) is 17.2 Å². The molecule has 3 aromatic heterocycles. The molecular formula is C22H20N6O3S. The van der Waals surface area contributed by atoms with Crippen molar-refractivity contribution in [2.75, 3.05) is 0 Å². The number of fused-ring (bicyclic) bond motifs is 1. The molecule has 162 valence electrons. The van der Waals surface area contributed by atoms with Gasteiger partial charge in [-0.2, -0.15) is 0 Å². The fourth-order valence-corrected chi connectivity index (χ4v) is 4.71. The number of rotatable bonds is 6. The summed E-state index contributed by atoms with van der Waals surface area (Å²) in [5.41, 5.74) is 0.411. The average molecular weight is 449 g/mol. The highest BCUT2D eigenvalue weighted by molar-refractivity contribution is 7.99. The zero-order valence-corrected chi connectivity index (χ0v) is 18.1. The molecule has 2 aliphatic carbocycles. The van der Waals surface area contributed by atoms with E-state index in [4.69, 9.17) is 9.40 Å². The number of thioether (sulfide) groups is 1. The van der Waals surface area contributed by atoms with E-state index in [1.54, 1.807) is 4.57 Å². The number of nitrogens with one attached hydrogen (secondary N) is 1. The number of aromatic amines is 1. The van der Waals surface area contributed by atoms with Crippen LogP contribution in [-0.4, -0.2) is 29.7 Å². The van der Waals surface area contributed by atoms with Crippen molar-refractivity contribution in [2.45, 2.75) is 54.8 Å². The Labute approximate surface area is 186 Å². The van der Waals surface area contributed by atoms with E-state index in [2.05, 4.69) is 20.2 Å². The van der Waals surface area contributed by atoms with Gasteiger partial charge in [0.1, 0.15) is 16.2 Å². The standard InChI is InChI=1S/C22H20N6O3S/c1-11(19-26-27-20(31-19)13-5-3-2-4-6-13)32-21-15-17(23-16(24-21)12-7-8-12)28(14-9-10-14)22(30)25-18(15)29/h2-6,11-12,14H,7-10H2,1H3,(H,25,29,30). The highest BCUT2D eigenvalue weighted by atomic mass is 32.2. The minimum Gasteiger partial charge on any atom is -0.419 e. The lowest BCUT2D eigenvalue weighted by Gasteiger charge is -2.13. The summed E-state index contributed by atoms with van der Waals surface area (Å²) < 4.78 is 7.52. The van der Waals surface area contributed by atoms with Gasteiger partial charge in [0.05, 0.1) is 5.25 Å². The van der Waals surface area contributed by atoms with Crippen LogP contribution in [0, 0.1) is 0 Å². The summed E-state index contributed by atoms with van der Waals surface area (Å²) in [6, 6.07) is 9.65. The topological polar surface area (TPSA) is 120 Å². The Morgan fingerprint density at radius 3 is 2.59 bits per heavy atom. The van der Waals surface area contributed by atoms with Crippen molar-refractivity contribution in [3.8, 4) is 11.5 Å². The summed E-state index contributed by atoms with van der Waals surface area (Å²) in [6.07, 6.45) is 3.86. The quantitative estimate of drug-likeness (QED) is 0.351. The third kappa shape index (κ3) is 3.44.